The van der Waals surface area contributed by atoms with E-state index < -0.39 is 0 Å². The molecule has 26 heavy (non-hydrogen) atoms. The quantitative estimate of drug-likeness (QED) is 0.729. The molecule has 0 unspecified atom stereocenters. The Morgan fingerprint density at radius 3 is 2.73 bits per heavy atom. The molecule has 0 spiro atoms. The molecule has 0 aliphatic heterocycles. The summed E-state index contributed by atoms with van der Waals surface area (Å²) >= 11 is 6.00. The number of hydrogen-bond donors (Lipinski definition) is 2. The number of benzene rings is 2. The number of nitrogens with zero attached hydrogens (tertiary/aromatic N) is 2. The van der Waals surface area contributed by atoms with Crippen LogP contribution in [0.1, 0.15) is 28.4 Å². The van der Waals surface area contributed by atoms with Gasteiger partial charge in [0, 0.05) is 13.1 Å². The number of rotatable bonds is 7. The molecule has 2 aromatic carbocycles. The highest BCUT2D eigenvalue weighted by Crippen LogP contribution is 2.25. The van der Waals surface area contributed by atoms with Crippen LogP contribution in [-0.2, 0) is 6.54 Å². The van der Waals surface area contributed by atoms with Crippen molar-refractivity contribution >= 4 is 23.2 Å². The highest BCUT2D eigenvalue weighted by atomic mass is 35.5. The van der Waals surface area contributed by atoms with E-state index in [1.807, 2.05) is 13.0 Å². The number of aliphatic hydroxyl groups excluding tert-OH is 1. The highest BCUT2D eigenvalue weighted by Gasteiger charge is 2.16. The number of hydrogen-bond acceptors (Lipinski definition) is 5. The van der Waals surface area contributed by atoms with E-state index in [0.717, 1.165) is 5.56 Å². The number of nitriles is 1. The van der Waals surface area contributed by atoms with Crippen molar-refractivity contribution in [2.75, 3.05) is 25.3 Å². The van der Waals surface area contributed by atoms with Gasteiger partial charge in [-0.3, -0.25) is 4.79 Å². The first kappa shape index (κ1) is 19.6. The van der Waals surface area contributed by atoms with Crippen molar-refractivity contribution in [2.24, 2.45) is 0 Å². The van der Waals surface area contributed by atoms with E-state index in [0.29, 0.717) is 34.1 Å². The van der Waals surface area contributed by atoms with E-state index in [9.17, 15) is 9.90 Å². The van der Waals surface area contributed by atoms with E-state index in [-0.39, 0.29) is 19.2 Å². The van der Waals surface area contributed by atoms with E-state index in [1.54, 1.807) is 35.2 Å². The van der Waals surface area contributed by atoms with Gasteiger partial charge in [-0.2, -0.15) is 5.26 Å². The summed E-state index contributed by atoms with van der Waals surface area (Å²) in [6.07, 6.45) is 0. The first-order chi connectivity index (χ1) is 12.5. The van der Waals surface area contributed by atoms with E-state index >= 15 is 0 Å². The standard InChI is InChI=1S/C19H20ClN3O3/c1-3-23(12-24)17-7-5-13(10-21)8-15(17)19(25)22-11-14-4-6-16(20)18(9-14)26-2/h4-9,24H,3,11-12H2,1-2H3,(H,22,25). The lowest BCUT2D eigenvalue weighted by Crippen LogP contribution is -2.29. The predicted octanol–water partition coefficient (Wildman–Crippen LogP) is 2.93. The summed E-state index contributed by atoms with van der Waals surface area (Å²) in [6, 6.07) is 12.1. The Morgan fingerprint density at radius 1 is 1.35 bits per heavy atom. The molecule has 0 aliphatic rings. The molecule has 2 aromatic rings. The van der Waals surface area contributed by atoms with Gasteiger partial charge in [-0.25, -0.2) is 0 Å². The fraction of sp³-hybridized carbons (Fsp3) is 0.263. The van der Waals surface area contributed by atoms with Gasteiger partial charge in [0.1, 0.15) is 12.5 Å². The largest absolute Gasteiger partial charge is 0.495 e. The van der Waals surface area contributed by atoms with Gasteiger partial charge in [0.2, 0.25) is 0 Å². The molecule has 0 radical (unpaired) electrons. The third-order valence-corrected chi connectivity index (χ3v) is 4.24. The van der Waals surface area contributed by atoms with Crippen molar-refractivity contribution in [1.82, 2.24) is 5.32 Å². The molecule has 0 aliphatic carbocycles. The first-order valence-corrected chi connectivity index (χ1v) is 8.42. The third-order valence-electron chi connectivity index (χ3n) is 3.93. The zero-order valence-corrected chi connectivity index (χ0v) is 15.4. The molecule has 0 atom stereocenters. The Bertz CT molecular complexity index is 829. The lowest BCUT2D eigenvalue weighted by atomic mass is 10.1. The molecule has 2 rings (SSSR count). The lowest BCUT2D eigenvalue weighted by Gasteiger charge is -2.23. The SMILES string of the molecule is CCN(CO)c1ccc(C#N)cc1C(=O)NCc1ccc(Cl)c(OC)c1. The maximum Gasteiger partial charge on any atom is 0.253 e. The Kier molecular flexibility index (Phi) is 6.84. The molecular weight excluding hydrogens is 354 g/mol. The van der Waals surface area contributed by atoms with Crippen LogP contribution in [-0.4, -0.2) is 31.4 Å². The summed E-state index contributed by atoms with van der Waals surface area (Å²) in [5.74, 6) is 0.195. The number of ether oxygens (including phenoxy) is 1. The van der Waals surface area contributed by atoms with Gasteiger partial charge in [0.05, 0.1) is 35.0 Å². The predicted molar refractivity (Wildman–Crippen MR) is 100 cm³/mol. The summed E-state index contributed by atoms with van der Waals surface area (Å²) in [5, 5.41) is 21.9. The Balaban J connectivity index is 2.24. The minimum Gasteiger partial charge on any atom is -0.495 e. The van der Waals surface area contributed by atoms with Gasteiger partial charge in [0.15, 0.2) is 0 Å². The Labute approximate surface area is 157 Å². The third kappa shape index (κ3) is 4.45. The van der Waals surface area contributed by atoms with E-state index in [1.165, 1.54) is 13.2 Å². The fourth-order valence-corrected chi connectivity index (χ4v) is 2.70. The molecule has 2 N–H and O–H groups in total. The van der Waals surface area contributed by atoms with Gasteiger partial charge < -0.3 is 20.1 Å². The number of aliphatic hydroxyl groups is 1. The molecule has 7 heteroatoms. The summed E-state index contributed by atoms with van der Waals surface area (Å²) in [6.45, 7) is 2.44. The molecule has 0 aromatic heterocycles. The fourth-order valence-electron chi connectivity index (χ4n) is 2.50. The molecule has 0 saturated heterocycles. The van der Waals surface area contributed by atoms with E-state index in [2.05, 4.69) is 5.32 Å². The number of carbonyl (C=O) groups is 1. The summed E-state index contributed by atoms with van der Waals surface area (Å²) in [4.78, 5) is 14.3. The second-order valence-electron chi connectivity index (χ2n) is 5.49. The highest BCUT2D eigenvalue weighted by molar-refractivity contribution is 6.32. The summed E-state index contributed by atoms with van der Waals surface area (Å²) < 4.78 is 5.17. The van der Waals surface area contributed by atoms with Crippen molar-refractivity contribution in [3.8, 4) is 11.8 Å². The molecule has 1 amide bonds. The number of nitrogens with one attached hydrogen (secondary N) is 1. The molecule has 0 saturated carbocycles. The average Bonchev–Trinajstić information content (AvgIpc) is 2.68. The lowest BCUT2D eigenvalue weighted by molar-refractivity contribution is 0.0951. The van der Waals surface area contributed by atoms with Crippen molar-refractivity contribution in [2.45, 2.75) is 13.5 Å². The summed E-state index contributed by atoms with van der Waals surface area (Å²) in [5.41, 5.74) is 2.11. The van der Waals surface area contributed by atoms with Crippen molar-refractivity contribution in [3.05, 3.63) is 58.1 Å². The van der Waals surface area contributed by atoms with Crippen molar-refractivity contribution < 1.29 is 14.6 Å². The van der Waals surface area contributed by atoms with Crippen LogP contribution >= 0.6 is 11.6 Å². The number of amides is 1. The van der Waals surface area contributed by atoms with Gasteiger partial charge in [-0.15, -0.1) is 0 Å². The second kappa shape index (κ2) is 9.09. The molecule has 0 heterocycles. The van der Waals surface area contributed by atoms with Gasteiger partial charge in [0.25, 0.3) is 5.91 Å². The van der Waals surface area contributed by atoms with Crippen molar-refractivity contribution in [1.29, 1.82) is 5.26 Å². The number of methoxy groups -OCH3 is 1. The maximum atomic E-state index is 12.7. The van der Waals surface area contributed by atoms with Crippen LogP contribution in [0.25, 0.3) is 0 Å². The van der Waals surface area contributed by atoms with Crippen LogP contribution in [0.5, 0.6) is 5.75 Å². The van der Waals surface area contributed by atoms with E-state index in [4.69, 9.17) is 21.6 Å². The van der Waals surface area contributed by atoms with Crippen LogP contribution in [0.3, 0.4) is 0 Å². The van der Waals surface area contributed by atoms with Gasteiger partial charge >= 0.3 is 0 Å². The van der Waals surface area contributed by atoms with Gasteiger partial charge in [-0.05, 0) is 42.8 Å². The number of halogens is 1. The minimum absolute atomic E-state index is 0.225. The minimum atomic E-state index is -0.335. The molecule has 136 valence electrons. The van der Waals surface area contributed by atoms with Crippen molar-refractivity contribution in [3.63, 3.8) is 0 Å². The van der Waals surface area contributed by atoms with Crippen LogP contribution in [0.2, 0.25) is 5.02 Å². The molecule has 6 nitrogen and oxygen atoms in total. The zero-order valence-electron chi connectivity index (χ0n) is 14.6. The molecule has 0 fully saturated rings. The number of carbonyl (C=O) groups excluding carboxylic acids is 1. The zero-order chi connectivity index (χ0) is 19.1. The average molecular weight is 374 g/mol. The van der Waals surface area contributed by atoms with Crippen LogP contribution in [0.4, 0.5) is 5.69 Å². The van der Waals surface area contributed by atoms with Crippen LogP contribution in [0, 0.1) is 11.3 Å². The monoisotopic (exact) mass is 373 g/mol. The summed E-state index contributed by atoms with van der Waals surface area (Å²) in [7, 11) is 1.53. The van der Waals surface area contributed by atoms with Gasteiger partial charge in [-0.1, -0.05) is 17.7 Å². The molecular formula is C19H20ClN3O3. The topological polar surface area (TPSA) is 85.6 Å². The number of anilines is 1. The Hall–Kier alpha value is -2.75. The molecule has 0 bridgehead atoms. The smallest absolute Gasteiger partial charge is 0.253 e. The Morgan fingerprint density at radius 2 is 2.12 bits per heavy atom. The van der Waals surface area contributed by atoms with Crippen LogP contribution in [0.15, 0.2) is 36.4 Å². The normalized spacial score (nSPS) is 10.1. The maximum absolute atomic E-state index is 12.7. The van der Waals surface area contributed by atoms with Crippen LogP contribution < -0.4 is 15.0 Å². The second-order valence-corrected chi connectivity index (χ2v) is 5.90. The first-order valence-electron chi connectivity index (χ1n) is 8.04.